The van der Waals surface area contributed by atoms with Crippen molar-refractivity contribution in [3.63, 3.8) is 0 Å². The zero-order valence-electron chi connectivity index (χ0n) is 27.9. The molecular weight excluding hydrogens is 328 g/mol. The molecule has 0 saturated carbocycles. The van der Waals surface area contributed by atoms with Gasteiger partial charge in [0.05, 0.1) is 32.6 Å². The van der Waals surface area contributed by atoms with E-state index in [9.17, 15) is 5.11 Å². The standard InChI is InChI=1S/C22H30O4/c1-16-9-11-20(13-17(16)2)26-15-19(23)8-6-5-7-18-10-12-21(24-3)22(14-18)25-4/h9-14,19,23H,5-8,15H2,1-4H3/i3D3,5D2,7D2,9D,10D,11D,12D,13D,14D. The molecule has 0 aliphatic heterocycles. The van der Waals surface area contributed by atoms with E-state index in [0.717, 1.165) is 7.11 Å². The summed E-state index contributed by atoms with van der Waals surface area (Å²) in [5.74, 6) is -1.63. The van der Waals surface area contributed by atoms with Gasteiger partial charge in [-0.05, 0) is 73.9 Å². The van der Waals surface area contributed by atoms with E-state index < -0.39 is 74.1 Å². The lowest BCUT2D eigenvalue weighted by molar-refractivity contribution is 0.0976. The van der Waals surface area contributed by atoms with Crippen molar-refractivity contribution >= 4 is 0 Å². The Balaban J connectivity index is 2.30. The first-order chi connectivity index (χ1) is 17.7. The highest BCUT2D eigenvalue weighted by atomic mass is 16.5. The SMILES string of the molecule is [2H]c1c([2H])c(OCC(O)CCC([2H])([2H])C([2H])([2H])c2c([2H])c([2H])c(OC([2H])([2H])[2H])c(OC)c2[2H])c([2H])c(C)c1C. The second-order valence-electron chi connectivity index (χ2n) is 5.47. The summed E-state index contributed by atoms with van der Waals surface area (Å²) in [7, 11) is -2.03. The first kappa shape index (κ1) is 8.66. The van der Waals surface area contributed by atoms with Crippen LogP contribution in [0, 0.1) is 13.8 Å². The summed E-state index contributed by atoms with van der Waals surface area (Å²) in [5, 5.41) is 10.4. The molecule has 0 aliphatic rings. The zero-order chi connectivity index (χ0) is 30.2. The fourth-order valence-electron chi connectivity index (χ4n) is 1.92. The summed E-state index contributed by atoms with van der Waals surface area (Å²) >= 11 is 0. The maximum Gasteiger partial charge on any atom is 0.160 e. The monoisotopic (exact) mass is 371 g/mol. The minimum atomic E-state index is -3.07. The quantitative estimate of drug-likeness (QED) is 0.669. The van der Waals surface area contributed by atoms with E-state index >= 15 is 0 Å². The maximum atomic E-state index is 10.4. The number of aliphatic hydroxyl groups excluding tert-OH is 1. The van der Waals surface area contributed by atoms with E-state index in [4.69, 9.17) is 32.0 Å². The van der Waals surface area contributed by atoms with Gasteiger partial charge in [-0.15, -0.1) is 0 Å². The average molecular weight is 372 g/mol. The summed E-state index contributed by atoms with van der Waals surface area (Å²) < 4.78 is 119. The number of hydrogen-bond donors (Lipinski definition) is 1. The Bertz CT molecular complexity index is 1200. The van der Waals surface area contributed by atoms with Gasteiger partial charge in [0.1, 0.15) is 12.4 Å². The van der Waals surface area contributed by atoms with Gasteiger partial charge in [0.15, 0.2) is 11.5 Å². The van der Waals surface area contributed by atoms with Crippen molar-refractivity contribution in [1.82, 2.24) is 0 Å². The van der Waals surface area contributed by atoms with Crippen LogP contribution in [0.4, 0.5) is 0 Å². The number of methoxy groups -OCH3 is 2. The highest BCUT2D eigenvalue weighted by Crippen LogP contribution is 2.28. The number of aliphatic hydroxyl groups is 1. The molecule has 4 nitrogen and oxygen atoms in total. The first-order valence-corrected chi connectivity index (χ1v) is 7.94. The van der Waals surface area contributed by atoms with E-state index in [0.29, 0.717) is 11.1 Å². The third-order valence-corrected chi connectivity index (χ3v) is 3.52. The van der Waals surface area contributed by atoms with Crippen molar-refractivity contribution in [3.8, 4) is 17.2 Å². The second-order valence-corrected chi connectivity index (χ2v) is 5.47. The lowest BCUT2D eigenvalue weighted by Crippen LogP contribution is -2.17. The number of hydrogen-bond acceptors (Lipinski definition) is 4. The van der Waals surface area contributed by atoms with E-state index in [1.165, 1.54) is 0 Å². The highest BCUT2D eigenvalue weighted by molar-refractivity contribution is 5.42. The van der Waals surface area contributed by atoms with Crippen molar-refractivity contribution in [2.45, 2.75) is 45.5 Å². The molecule has 0 radical (unpaired) electrons. The van der Waals surface area contributed by atoms with Gasteiger partial charge in [-0.2, -0.15) is 0 Å². The first-order valence-electron chi connectivity index (χ1n) is 14.4. The van der Waals surface area contributed by atoms with Crippen LogP contribution in [0.3, 0.4) is 0 Å². The molecule has 0 aliphatic carbocycles. The van der Waals surface area contributed by atoms with Gasteiger partial charge in [-0.1, -0.05) is 18.5 Å². The van der Waals surface area contributed by atoms with Crippen LogP contribution in [0.15, 0.2) is 36.3 Å². The minimum absolute atomic E-state index is 0.121. The van der Waals surface area contributed by atoms with Gasteiger partial charge in [-0.3, -0.25) is 0 Å². The van der Waals surface area contributed by atoms with Gasteiger partial charge >= 0.3 is 0 Å². The third-order valence-electron chi connectivity index (χ3n) is 3.52. The van der Waals surface area contributed by atoms with Gasteiger partial charge < -0.3 is 19.3 Å². The van der Waals surface area contributed by atoms with E-state index in [-0.39, 0.29) is 30.3 Å². The molecule has 0 amide bonds. The van der Waals surface area contributed by atoms with Crippen molar-refractivity contribution in [2.24, 2.45) is 0 Å². The summed E-state index contributed by atoms with van der Waals surface area (Å²) in [6.45, 7) is 2.72. The zero-order valence-corrected chi connectivity index (χ0v) is 14.9. The van der Waals surface area contributed by atoms with Gasteiger partial charge in [0, 0.05) is 5.48 Å². The molecule has 0 saturated heterocycles. The fraction of sp³-hybridized carbons (Fsp3) is 0.455. The van der Waals surface area contributed by atoms with Crippen LogP contribution in [0.2, 0.25) is 0 Å². The number of benzene rings is 2. The van der Waals surface area contributed by atoms with Crippen LogP contribution >= 0.6 is 0 Å². The molecule has 0 spiro atoms. The topological polar surface area (TPSA) is 47.9 Å². The molecule has 0 fully saturated rings. The Kier molecular flexibility index (Phi) is 3.35. The predicted molar refractivity (Wildman–Crippen MR) is 105 cm³/mol. The predicted octanol–water partition coefficient (Wildman–Crippen LogP) is 4.47. The van der Waals surface area contributed by atoms with Crippen LogP contribution in [0.25, 0.3) is 0 Å². The Morgan fingerprint density at radius 1 is 1.12 bits per heavy atom. The van der Waals surface area contributed by atoms with Crippen LogP contribution in [0.5, 0.6) is 17.2 Å². The van der Waals surface area contributed by atoms with Crippen molar-refractivity contribution in [3.05, 3.63) is 52.9 Å². The minimum Gasteiger partial charge on any atom is -0.493 e. The molecule has 0 bridgehead atoms. The summed E-state index contributed by atoms with van der Waals surface area (Å²) in [6, 6.07) is -3.30. The lowest BCUT2D eigenvalue weighted by atomic mass is 10.0. The molecule has 0 heterocycles. The molecule has 1 N–H and O–H groups in total. The largest absolute Gasteiger partial charge is 0.493 e. The summed E-state index contributed by atoms with van der Waals surface area (Å²) in [6.07, 6.45) is -8.24. The normalized spacial score (nSPS) is 20.7. The molecule has 0 aromatic heterocycles. The van der Waals surface area contributed by atoms with Crippen LogP contribution < -0.4 is 14.2 Å². The Labute approximate surface area is 175 Å². The Morgan fingerprint density at radius 2 is 1.96 bits per heavy atom. The summed E-state index contributed by atoms with van der Waals surface area (Å²) in [4.78, 5) is 0. The van der Waals surface area contributed by atoms with Crippen molar-refractivity contribution < 1.29 is 37.1 Å². The Morgan fingerprint density at radius 3 is 2.73 bits per heavy atom. The fourth-order valence-corrected chi connectivity index (χ4v) is 1.92. The lowest BCUT2D eigenvalue weighted by Gasteiger charge is -2.13. The average Bonchev–Trinajstić information content (AvgIpc) is 2.82. The molecule has 2 aromatic rings. The number of ether oxygens (including phenoxy) is 3. The molecule has 1 unspecified atom stereocenters. The van der Waals surface area contributed by atoms with Crippen molar-refractivity contribution in [1.29, 1.82) is 0 Å². The molecule has 2 aromatic carbocycles. The van der Waals surface area contributed by atoms with E-state index in [1.54, 1.807) is 13.8 Å². The molecular formula is C22H30O4. The highest BCUT2D eigenvalue weighted by Gasteiger charge is 2.07. The maximum absolute atomic E-state index is 10.4. The van der Waals surface area contributed by atoms with Crippen LogP contribution in [-0.2, 0) is 6.37 Å². The molecule has 1 atom stereocenters. The van der Waals surface area contributed by atoms with Crippen LogP contribution in [-0.4, -0.2) is 32.0 Å². The molecule has 2 rings (SSSR count). The van der Waals surface area contributed by atoms with Crippen LogP contribution in [0.1, 0.15) is 53.7 Å². The summed E-state index contributed by atoms with van der Waals surface area (Å²) in [5.41, 5.74) is 0.0250. The van der Waals surface area contributed by atoms with Gasteiger partial charge in [0.25, 0.3) is 0 Å². The number of rotatable bonds is 10. The molecule has 4 heteroatoms. The third kappa shape index (κ3) is 5.95. The second kappa shape index (κ2) is 10.1. The molecule has 142 valence electrons. The molecule has 26 heavy (non-hydrogen) atoms. The smallest absolute Gasteiger partial charge is 0.160 e. The van der Waals surface area contributed by atoms with Crippen molar-refractivity contribution in [2.75, 3.05) is 20.8 Å². The van der Waals surface area contributed by atoms with Gasteiger partial charge in [-0.25, -0.2) is 0 Å². The van der Waals surface area contributed by atoms with E-state index in [1.807, 2.05) is 0 Å². The van der Waals surface area contributed by atoms with E-state index in [2.05, 4.69) is 0 Å². The van der Waals surface area contributed by atoms with Gasteiger partial charge in [0.2, 0.25) is 0 Å². The Hall–Kier alpha value is -2.20.